The highest BCUT2D eigenvalue weighted by atomic mass is 16.4. The largest absolute Gasteiger partial charge is 0.402 e. The lowest BCUT2D eigenvalue weighted by Crippen LogP contribution is -1.92. The smallest absolute Gasteiger partial charge is 0.349 e. The van der Waals surface area contributed by atoms with Crippen LogP contribution in [-0.2, 0) is 5.11 Å². The SMILES string of the molecule is [O]C(=O)c1cc2ccccc2[nH]1. The summed E-state index contributed by atoms with van der Waals surface area (Å²) in [4.78, 5) is 13.2. The van der Waals surface area contributed by atoms with Crippen molar-refractivity contribution in [3.05, 3.63) is 36.0 Å². The zero-order valence-corrected chi connectivity index (χ0v) is 6.20. The average Bonchev–Trinajstić information content (AvgIpc) is 2.46. The molecular weight excluding hydrogens is 154 g/mol. The van der Waals surface area contributed by atoms with Crippen LogP contribution in [0.25, 0.3) is 10.9 Å². The minimum absolute atomic E-state index is 0.121. The highest BCUT2D eigenvalue weighted by Gasteiger charge is 2.07. The van der Waals surface area contributed by atoms with Crippen molar-refractivity contribution >= 4 is 16.9 Å². The van der Waals surface area contributed by atoms with Gasteiger partial charge in [-0.25, -0.2) is 9.90 Å². The molecule has 0 aliphatic carbocycles. The van der Waals surface area contributed by atoms with Crippen LogP contribution in [0.2, 0.25) is 0 Å². The summed E-state index contributed by atoms with van der Waals surface area (Å²) >= 11 is 0. The number of nitrogens with one attached hydrogen (secondary N) is 1. The standard InChI is InChI=1S/C9H6NO2/c11-9(12)8-5-6-3-1-2-4-7(6)10-8/h1-5,10H. The van der Waals surface area contributed by atoms with E-state index in [1.807, 2.05) is 24.3 Å². The van der Waals surface area contributed by atoms with E-state index in [1.54, 1.807) is 6.07 Å². The van der Waals surface area contributed by atoms with Crippen molar-refractivity contribution in [3.63, 3.8) is 0 Å². The van der Waals surface area contributed by atoms with E-state index >= 15 is 0 Å². The first-order chi connectivity index (χ1) is 5.77. The molecule has 0 aliphatic heterocycles. The first kappa shape index (κ1) is 6.91. The molecule has 3 nitrogen and oxygen atoms in total. The minimum atomic E-state index is -1.17. The summed E-state index contributed by atoms with van der Waals surface area (Å²) in [6.45, 7) is 0. The molecule has 0 spiro atoms. The molecule has 2 aromatic rings. The Morgan fingerprint density at radius 1 is 1.25 bits per heavy atom. The maximum Gasteiger partial charge on any atom is 0.402 e. The average molecular weight is 160 g/mol. The lowest BCUT2D eigenvalue weighted by Gasteiger charge is -1.83. The van der Waals surface area contributed by atoms with Gasteiger partial charge in [-0.1, -0.05) is 18.2 Å². The number of rotatable bonds is 1. The molecule has 0 saturated heterocycles. The van der Waals surface area contributed by atoms with Crippen LogP contribution in [-0.4, -0.2) is 11.0 Å². The first-order valence-electron chi connectivity index (χ1n) is 3.56. The molecule has 0 fully saturated rings. The van der Waals surface area contributed by atoms with E-state index in [0.29, 0.717) is 0 Å². The molecule has 12 heavy (non-hydrogen) atoms. The van der Waals surface area contributed by atoms with Gasteiger partial charge in [-0.05, 0) is 12.1 Å². The number of fused-ring (bicyclic) bond motifs is 1. The summed E-state index contributed by atoms with van der Waals surface area (Å²) in [5.74, 6) is -1.17. The third-order valence-corrected chi connectivity index (χ3v) is 1.75. The van der Waals surface area contributed by atoms with Crippen LogP contribution < -0.4 is 0 Å². The van der Waals surface area contributed by atoms with Crippen LogP contribution in [0.4, 0.5) is 0 Å². The molecule has 3 heteroatoms. The number of benzene rings is 1. The Balaban J connectivity index is 2.70. The number of carbonyl (C=O) groups is 1. The number of H-pyrrole nitrogens is 1. The number of hydrogen-bond donors (Lipinski definition) is 1. The van der Waals surface area contributed by atoms with Crippen molar-refractivity contribution < 1.29 is 9.90 Å². The van der Waals surface area contributed by atoms with Gasteiger partial charge in [-0.15, -0.1) is 0 Å². The van der Waals surface area contributed by atoms with Crippen LogP contribution in [0, 0.1) is 0 Å². The van der Waals surface area contributed by atoms with Crippen molar-refractivity contribution in [3.8, 4) is 0 Å². The Hall–Kier alpha value is -1.77. The van der Waals surface area contributed by atoms with E-state index < -0.39 is 5.97 Å². The Bertz CT molecular complexity index is 398. The Kier molecular flexibility index (Phi) is 1.37. The van der Waals surface area contributed by atoms with Gasteiger partial charge in [0.1, 0.15) is 5.69 Å². The van der Waals surface area contributed by atoms with Crippen LogP contribution in [0.1, 0.15) is 10.5 Å². The Morgan fingerprint density at radius 3 is 2.67 bits per heavy atom. The van der Waals surface area contributed by atoms with Crippen LogP contribution in [0.5, 0.6) is 0 Å². The fourth-order valence-electron chi connectivity index (χ4n) is 1.18. The molecule has 1 aromatic carbocycles. The van der Waals surface area contributed by atoms with Crippen LogP contribution in [0.15, 0.2) is 30.3 Å². The lowest BCUT2D eigenvalue weighted by atomic mass is 10.2. The topological polar surface area (TPSA) is 52.8 Å². The van der Waals surface area contributed by atoms with Gasteiger partial charge in [0.25, 0.3) is 0 Å². The number of aromatic nitrogens is 1. The molecule has 1 heterocycles. The van der Waals surface area contributed by atoms with E-state index in [4.69, 9.17) is 0 Å². The molecule has 2 rings (SSSR count). The summed E-state index contributed by atoms with van der Waals surface area (Å²) < 4.78 is 0. The molecule has 0 atom stereocenters. The van der Waals surface area contributed by atoms with Gasteiger partial charge < -0.3 is 4.98 Å². The van der Waals surface area contributed by atoms with Crippen molar-refractivity contribution in [2.45, 2.75) is 0 Å². The third kappa shape index (κ3) is 0.955. The molecule has 0 aliphatic rings. The Morgan fingerprint density at radius 2 is 2.00 bits per heavy atom. The number of para-hydroxylation sites is 1. The van der Waals surface area contributed by atoms with E-state index in [9.17, 15) is 9.90 Å². The molecule has 0 saturated carbocycles. The summed E-state index contributed by atoms with van der Waals surface area (Å²) in [6, 6.07) is 8.93. The van der Waals surface area contributed by atoms with Gasteiger partial charge in [0.05, 0.1) is 0 Å². The molecule has 1 aromatic heterocycles. The van der Waals surface area contributed by atoms with Crippen molar-refractivity contribution in [2.24, 2.45) is 0 Å². The Labute approximate surface area is 68.6 Å². The monoisotopic (exact) mass is 160 g/mol. The maximum atomic E-state index is 10.4. The normalized spacial score (nSPS) is 10.3. The third-order valence-electron chi connectivity index (χ3n) is 1.75. The van der Waals surface area contributed by atoms with Crippen LogP contribution >= 0.6 is 0 Å². The quantitative estimate of drug-likeness (QED) is 0.678. The molecule has 0 amide bonds. The van der Waals surface area contributed by atoms with Gasteiger partial charge in [0.2, 0.25) is 0 Å². The van der Waals surface area contributed by atoms with E-state index in [0.717, 1.165) is 10.9 Å². The molecule has 1 N–H and O–H groups in total. The molecule has 1 radical (unpaired) electrons. The second-order valence-corrected chi connectivity index (χ2v) is 2.56. The zero-order chi connectivity index (χ0) is 8.55. The maximum absolute atomic E-state index is 10.4. The summed E-state index contributed by atoms with van der Waals surface area (Å²) in [5.41, 5.74) is 0.938. The van der Waals surface area contributed by atoms with Gasteiger partial charge >= 0.3 is 5.97 Å². The van der Waals surface area contributed by atoms with Gasteiger partial charge in [0, 0.05) is 10.9 Å². The highest BCUT2D eigenvalue weighted by molar-refractivity contribution is 5.93. The number of hydrogen-bond acceptors (Lipinski definition) is 1. The fourth-order valence-corrected chi connectivity index (χ4v) is 1.18. The summed E-state index contributed by atoms with van der Waals surface area (Å²) in [6.07, 6.45) is 0. The molecular formula is C9H6NO2. The van der Waals surface area contributed by atoms with Crippen LogP contribution in [0.3, 0.4) is 0 Å². The van der Waals surface area contributed by atoms with E-state index in [-0.39, 0.29) is 5.69 Å². The van der Waals surface area contributed by atoms with E-state index in [2.05, 4.69) is 4.98 Å². The summed E-state index contributed by atoms with van der Waals surface area (Å²) in [5, 5.41) is 11.3. The molecule has 0 unspecified atom stereocenters. The van der Waals surface area contributed by atoms with Crippen molar-refractivity contribution in [1.29, 1.82) is 0 Å². The minimum Gasteiger partial charge on any atom is -0.349 e. The zero-order valence-electron chi connectivity index (χ0n) is 6.20. The van der Waals surface area contributed by atoms with E-state index in [1.165, 1.54) is 0 Å². The molecule has 59 valence electrons. The summed E-state index contributed by atoms with van der Waals surface area (Å²) in [7, 11) is 0. The van der Waals surface area contributed by atoms with Gasteiger partial charge in [-0.3, -0.25) is 0 Å². The second kappa shape index (κ2) is 2.37. The number of aromatic amines is 1. The second-order valence-electron chi connectivity index (χ2n) is 2.56. The van der Waals surface area contributed by atoms with Gasteiger partial charge in [-0.2, -0.15) is 0 Å². The molecule has 0 bridgehead atoms. The van der Waals surface area contributed by atoms with Crippen molar-refractivity contribution in [2.75, 3.05) is 0 Å². The van der Waals surface area contributed by atoms with Crippen molar-refractivity contribution in [1.82, 2.24) is 4.98 Å². The lowest BCUT2D eigenvalue weighted by molar-refractivity contribution is 0.0567. The van der Waals surface area contributed by atoms with Gasteiger partial charge in [0.15, 0.2) is 0 Å². The predicted molar refractivity (Wildman–Crippen MR) is 43.3 cm³/mol. The fraction of sp³-hybridized carbons (Fsp3) is 0. The number of carbonyl (C=O) groups excluding carboxylic acids is 1. The first-order valence-corrected chi connectivity index (χ1v) is 3.56. The highest BCUT2D eigenvalue weighted by Crippen LogP contribution is 2.14. The predicted octanol–water partition coefficient (Wildman–Crippen LogP) is 1.74.